The molecule has 19 heavy (non-hydrogen) atoms. The van der Waals surface area contributed by atoms with Crippen molar-refractivity contribution in [1.82, 2.24) is 4.90 Å². The number of rotatable bonds is 5. The maximum absolute atomic E-state index is 11.9. The number of benzene rings is 1. The second-order valence-electron chi connectivity index (χ2n) is 4.67. The number of anilines is 1. The number of urea groups is 1. The molecule has 0 fully saturated rings. The lowest BCUT2D eigenvalue weighted by Gasteiger charge is -2.19. The summed E-state index contributed by atoms with van der Waals surface area (Å²) in [4.78, 5) is 13.5. The van der Waals surface area contributed by atoms with Crippen LogP contribution >= 0.6 is 0 Å². The van der Waals surface area contributed by atoms with Crippen molar-refractivity contribution in [3.63, 3.8) is 0 Å². The summed E-state index contributed by atoms with van der Waals surface area (Å²) in [6.45, 7) is 4.13. The standard InChI is InChI=1S/C14H22N2O3/c1-10-9-12(19-4)5-6-13(10)15-14(18)16(3)8-7-11(2)17/h5-6,9,11,17H,7-8H2,1-4H3,(H,15,18). The zero-order chi connectivity index (χ0) is 14.4. The number of aliphatic hydroxyl groups excluding tert-OH is 1. The summed E-state index contributed by atoms with van der Waals surface area (Å²) < 4.78 is 5.12. The Hall–Kier alpha value is -1.75. The van der Waals surface area contributed by atoms with Crippen LogP contribution in [0.2, 0.25) is 0 Å². The number of methoxy groups -OCH3 is 1. The van der Waals surface area contributed by atoms with Gasteiger partial charge in [-0.2, -0.15) is 0 Å². The van der Waals surface area contributed by atoms with Gasteiger partial charge < -0.3 is 20.1 Å². The molecule has 0 saturated heterocycles. The molecule has 2 amide bonds. The average Bonchev–Trinajstić information content (AvgIpc) is 2.37. The van der Waals surface area contributed by atoms with Crippen molar-refractivity contribution in [1.29, 1.82) is 0 Å². The molecule has 0 aliphatic rings. The van der Waals surface area contributed by atoms with Gasteiger partial charge in [-0.05, 0) is 44.0 Å². The van der Waals surface area contributed by atoms with Gasteiger partial charge in [0.2, 0.25) is 0 Å². The normalized spacial score (nSPS) is 11.8. The van der Waals surface area contributed by atoms with E-state index in [9.17, 15) is 9.90 Å². The first-order chi connectivity index (χ1) is 8.93. The molecule has 0 radical (unpaired) electrons. The van der Waals surface area contributed by atoms with Gasteiger partial charge in [-0.25, -0.2) is 4.79 Å². The van der Waals surface area contributed by atoms with E-state index in [-0.39, 0.29) is 6.03 Å². The van der Waals surface area contributed by atoms with Crippen LogP contribution in [-0.2, 0) is 0 Å². The van der Waals surface area contributed by atoms with Crippen molar-refractivity contribution in [2.45, 2.75) is 26.4 Å². The van der Waals surface area contributed by atoms with Crippen molar-refractivity contribution in [2.24, 2.45) is 0 Å². The van der Waals surface area contributed by atoms with Crippen molar-refractivity contribution in [2.75, 3.05) is 26.0 Å². The summed E-state index contributed by atoms with van der Waals surface area (Å²) in [5.41, 5.74) is 1.70. The molecule has 2 N–H and O–H groups in total. The zero-order valence-corrected chi connectivity index (χ0v) is 11.9. The molecule has 0 heterocycles. The zero-order valence-electron chi connectivity index (χ0n) is 11.9. The number of nitrogens with one attached hydrogen (secondary N) is 1. The Bertz CT molecular complexity index is 433. The molecule has 5 nitrogen and oxygen atoms in total. The van der Waals surface area contributed by atoms with Crippen LogP contribution in [0.3, 0.4) is 0 Å². The Morgan fingerprint density at radius 3 is 2.74 bits per heavy atom. The minimum atomic E-state index is -0.405. The highest BCUT2D eigenvalue weighted by molar-refractivity contribution is 5.90. The lowest BCUT2D eigenvalue weighted by Crippen LogP contribution is -2.33. The topological polar surface area (TPSA) is 61.8 Å². The third kappa shape index (κ3) is 4.79. The van der Waals surface area contributed by atoms with Gasteiger partial charge in [0.05, 0.1) is 13.2 Å². The quantitative estimate of drug-likeness (QED) is 0.859. The number of carbonyl (C=O) groups excluding carboxylic acids is 1. The second kappa shape index (κ2) is 6.99. The van der Waals surface area contributed by atoms with Crippen molar-refractivity contribution in [3.8, 4) is 5.75 Å². The van der Waals surface area contributed by atoms with Gasteiger partial charge >= 0.3 is 6.03 Å². The summed E-state index contributed by atoms with van der Waals surface area (Å²) in [5, 5.41) is 12.0. The van der Waals surface area contributed by atoms with Crippen LogP contribution in [0, 0.1) is 6.92 Å². The molecule has 1 atom stereocenters. The Kier molecular flexibility index (Phi) is 5.63. The highest BCUT2D eigenvalue weighted by atomic mass is 16.5. The minimum Gasteiger partial charge on any atom is -0.497 e. The number of aryl methyl sites for hydroxylation is 1. The molecular weight excluding hydrogens is 244 g/mol. The molecule has 0 aliphatic heterocycles. The number of aliphatic hydroxyl groups is 1. The molecule has 1 rings (SSSR count). The van der Waals surface area contributed by atoms with Gasteiger partial charge in [-0.15, -0.1) is 0 Å². The van der Waals surface area contributed by atoms with Crippen LogP contribution in [0.1, 0.15) is 18.9 Å². The van der Waals surface area contributed by atoms with E-state index in [1.54, 1.807) is 32.0 Å². The van der Waals surface area contributed by atoms with E-state index in [1.165, 1.54) is 0 Å². The smallest absolute Gasteiger partial charge is 0.321 e. The molecule has 0 saturated carbocycles. The van der Waals surface area contributed by atoms with Gasteiger partial charge in [-0.3, -0.25) is 0 Å². The van der Waals surface area contributed by atoms with Crippen LogP contribution in [0.5, 0.6) is 5.75 Å². The van der Waals surface area contributed by atoms with Crippen molar-refractivity contribution < 1.29 is 14.6 Å². The number of hydrogen-bond acceptors (Lipinski definition) is 3. The molecule has 0 spiro atoms. The van der Waals surface area contributed by atoms with Gasteiger partial charge in [0.15, 0.2) is 0 Å². The van der Waals surface area contributed by atoms with E-state index in [4.69, 9.17) is 4.74 Å². The summed E-state index contributed by atoms with van der Waals surface area (Å²) in [5.74, 6) is 0.762. The number of ether oxygens (including phenoxy) is 1. The number of hydrogen-bond donors (Lipinski definition) is 2. The van der Waals surface area contributed by atoms with Crippen LogP contribution in [0.15, 0.2) is 18.2 Å². The fraction of sp³-hybridized carbons (Fsp3) is 0.500. The first-order valence-corrected chi connectivity index (χ1v) is 6.29. The maximum atomic E-state index is 11.9. The number of amides is 2. The Labute approximate surface area is 114 Å². The molecule has 0 aliphatic carbocycles. The van der Waals surface area contributed by atoms with Crippen LogP contribution in [-0.4, -0.2) is 42.8 Å². The molecular formula is C14H22N2O3. The second-order valence-corrected chi connectivity index (χ2v) is 4.67. The Morgan fingerprint density at radius 2 is 2.21 bits per heavy atom. The van der Waals surface area contributed by atoms with E-state index in [2.05, 4.69) is 5.32 Å². The predicted molar refractivity (Wildman–Crippen MR) is 75.7 cm³/mol. The molecule has 0 bridgehead atoms. The Balaban J connectivity index is 2.61. The predicted octanol–water partition coefficient (Wildman–Crippen LogP) is 2.24. The van der Waals surface area contributed by atoms with E-state index < -0.39 is 6.10 Å². The molecule has 1 aromatic carbocycles. The fourth-order valence-corrected chi connectivity index (χ4v) is 1.60. The first-order valence-electron chi connectivity index (χ1n) is 6.29. The van der Waals surface area contributed by atoms with Crippen LogP contribution in [0.25, 0.3) is 0 Å². The summed E-state index contributed by atoms with van der Waals surface area (Å²) in [7, 11) is 3.31. The largest absolute Gasteiger partial charge is 0.497 e. The van der Waals surface area contributed by atoms with Gasteiger partial charge in [0, 0.05) is 19.3 Å². The number of carbonyl (C=O) groups is 1. The molecule has 5 heteroatoms. The third-order valence-electron chi connectivity index (χ3n) is 2.90. The summed E-state index contributed by atoms with van der Waals surface area (Å²) in [6.07, 6.45) is 0.156. The minimum absolute atomic E-state index is 0.186. The maximum Gasteiger partial charge on any atom is 0.321 e. The first kappa shape index (κ1) is 15.3. The highest BCUT2D eigenvalue weighted by Crippen LogP contribution is 2.21. The van der Waals surface area contributed by atoms with Crippen molar-refractivity contribution in [3.05, 3.63) is 23.8 Å². The van der Waals surface area contributed by atoms with Gasteiger partial charge in [-0.1, -0.05) is 0 Å². The van der Waals surface area contributed by atoms with Crippen LogP contribution < -0.4 is 10.1 Å². The lowest BCUT2D eigenvalue weighted by molar-refractivity contribution is 0.167. The van der Waals surface area contributed by atoms with E-state index in [0.29, 0.717) is 13.0 Å². The molecule has 0 aromatic heterocycles. The SMILES string of the molecule is COc1ccc(NC(=O)N(C)CCC(C)O)c(C)c1. The number of nitrogens with zero attached hydrogens (tertiary/aromatic N) is 1. The van der Waals surface area contributed by atoms with E-state index in [1.807, 2.05) is 19.1 Å². The Morgan fingerprint density at radius 1 is 1.53 bits per heavy atom. The molecule has 1 aromatic rings. The molecule has 106 valence electrons. The third-order valence-corrected chi connectivity index (χ3v) is 2.90. The van der Waals surface area contributed by atoms with Gasteiger partial charge in [0.1, 0.15) is 5.75 Å². The van der Waals surface area contributed by atoms with E-state index in [0.717, 1.165) is 17.0 Å². The lowest BCUT2D eigenvalue weighted by atomic mass is 10.2. The highest BCUT2D eigenvalue weighted by Gasteiger charge is 2.11. The van der Waals surface area contributed by atoms with E-state index >= 15 is 0 Å². The summed E-state index contributed by atoms with van der Waals surface area (Å²) >= 11 is 0. The fourth-order valence-electron chi connectivity index (χ4n) is 1.60. The summed E-state index contributed by atoms with van der Waals surface area (Å²) in [6, 6.07) is 5.30. The average molecular weight is 266 g/mol. The van der Waals surface area contributed by atoms with Crippen molar-refractivity contribution >= 4 is 11.7 Å². The van der Waals surface area contributed by atoms with Crippen LogP contribution in [0.4, 0.5) is 10.5 Å². The monoisotopic (exact) mass is 266 g/mol. The molecule has 1 unspecified atom stereocenters. The van der Waals surface area contributed by atoms with Gasteiger partial charge in [0.25, 0.3) is 0 Å².